The lowest BCUT2D eigenvalue weighted by Crippen LogP contribution is -2.21. The fourth-order valence-electron chi connectivity index (χ4n) is 3.21. The topological polar surface area (TPSA) is 52.0 Å². The fraction of sp³-hybridized carbons (Fsp3) is 0.0870. The Morgan fingerprint density at radius 3 is 2.45 bits per heavy atom. The van der Waals surface area contributed by atoms with Crippen LogP contribution in [-0.2, 0) is 6.54 Å². The Balaban J connectivity index is 1.92. The van der Waals surface area contributed by atoms with Gasteiger partial charge in [0.2, 0.25) is 5.43 Å². The van der Waals surface area contributed by atoms with Crippen LogP contribution in [0.5, 0.6) is 0 Å². The van der Waals surface area contributed by atoms with E-state index in [1.807, 2.05) is 0 Å². The number of aromatic nitrogens is 2. The summed E-state index contributed by atoms with van der Waals surface area (Å²) in [5, 5.41) is 0.264. The van der Waals surface area contributed by atoms with Gasteiger partial charge < -0.3 is 4.57 Å². The molecule has 4 nitrogen and oxygen atoms in total. The van der Waals surface area contributed by atoms with Crippen LogP contribution < -0.4 is 5.43 Å². The molecule has 4 aromatic rings. The van der Waals surface area contributed by atoms with E-state index in [4.69, 9.17) is 0 Å². The van der Waals surface area contributed by atoms with Crippen molar-refractivity contribution in [3.63, 3.8) is 0 Å². The van der Waals surface area contributed by atoms with Crippen LogP contribution in [0.1, 0.15) is 27.2 Å². The maximum Gasteiger partial charge on any atom is 0.202 e. The van der Waals surface area contributed by atoms with E-state index in [9.17, 15) is 18.4 Å². The van der Waals surface area contributed by atoms with Crippen molar-refractivity contribution in [3.05, 3.63) is 111 Å². The second-order valence-electron chi connectivity index (χ2n) is 6.75. The van der Waals surface area contributed by atoms with Gasteiger partial charge in [0.25, 0.3) is 0 Å². The Hall–Kier alpha value is -3.67. The number of pyridine rings is 2. The van der Waals surface area contributed by atoms with Crippen molar-refractivity contribution >= 4 is 16.8 Å². The second-order valence-corrected chi connectivity index (χ2v) is 6.75. The summed E-state index contributed by atoms with van der Waals surface area (Å²) < 4.78 is 29.0. The molecule has 0 unspecified atom stereocenters. The highest BCUT2D eigenvalue weighted by Gasteiger charge is 2.18. The van der Waals surface area contributed by atoms with Crippen molar-refractivity contribution in [2.24, 2.45) is 0 Å². The highest BCUT2D eigenvalue weighted by Crippen LogP contribution is 2.17. The Morgan fingerprint density at radius 2 is 1.72 bits per heavy atom. The van der Waals surface area contributed by atoms with Gasteiger partial charge in [-0.1, -0.05) is 18.2 Å². The zero-order valence-electron chi connectivity index (χ0n) is 15.5. The standard InChI is InChI=1S/C23H16F2N2O2/c1-14-6-11-18-22(29)19(21(28)15-7-9-17(24)10-8-15)13-27(23(18)26-14)12-16-4-2-3-5-20(16)25/h2-11,13H,12H2,1H3. The quantitative estimate of drug-likeness (QED) is 0.489. The van der Waals surface area contributed by atoms with E-state index in [2.05, 4.69) is 4.98 Å². The van der Waals surface area contributed by atoms with Crippen LogP contribution in [0.3, 0.4) is 0 Å². The van der Waals surface area contributed by atoms with Gasteiger partial charge in [-0.3, -0.25) is 9.59 Å². The smallest absolute Gasteiger partial charge is 0.202 e. The zero-order valence-corrected chi connectivity index (χ0v) is 15.5. The molecule has 4 rings (SSSR count). The Kier molecular flexibility index (Phi) is 4.76. The first-order valence-electron chi connectivity index (χ1n) is 8.98. The number of carbonyl (C=O) groups is 1. The van der Waals surface area contributed by atoms with Crippen molar-refractivity contribution in [3.8, 4) is 0 Å². The van der Waals surface area contributed by atoms with Crippen molar-refractivity contribution < 1.29 is 13.6 Å². The minimum atomic E-state index is -0.528. The molecule has 0 amide bonds. The summed E-state index contributed by atoms with van der Waals surface area (Å²) >= 11 is 0. The van der Waals surface area contributed by atoms with Gasteiger partial charge in [-0.05, 0) is 49.4 Å². The van der Waals surface area contributed by atoms with Gasteiger partial charge in [0.1, 0.15) is 17.3 Å². The molecule has 0 aliphatic carbocycles. The number of nitrogens with zero attached hydrogens (tertiary/aromatic N) is 2. The molecule has 0 aliphatic heterocycles. The van der Waals surface area contributed by atoms with Crippen LogP contribution in [0.25, 0.3) is 11.0 Å². The largest absolute Gasteiger partial charge is 0.327 e. The van der Waals surface area contributed by atoms with Crippen molar-refractivity contribution in [2.45, 2.75) is 13.5 Å². The van der Waals surface area contributed by atoms with Gasteiger partial charge in [0, 0.05) is 23.0 Å². The third kappa shape index (κ3) is 3.57. The van der Waals surface area contributed by atoms with Crippen LogP contribution in [0.4, 0.5) is 8.78 Å². The number of fused-ring (bicyclic) bond motifs is 1. The summed E-state index contributed by atoms with van der Waals surface area (Å²) in [4.78, 5) is 30.3. The normalized spacial score (nSPS) is 11.0. The molecule has 0 aliphatic rings. The molecule has 29 heavy (non-hydrogen) atoms. The lowest BCUT2D eigenvalue weighted by Gasteiger charge is -2.13. The van der Waals surface area contributed by atoms with Gasteiger partial charge in [-0.15, -0.1) is 0 Å². The molecule has 0 atom stereocenters. The second kappa shape index (κ2) is 7.39. The van der Waals surface area contributed by atoms with E-state index in [0.717, 1.165) is 12.1 Å². The summed E-state index contributed by atoms with van der Waals surface area (Å²) in [5.41, 5.74) is 1.12. The molecule has 0 saturated carbocycles. The number of hydrogen-bond donors (Lipinski definition) is 0. The lowest BCUT2D eigenvalue weighted by molar-refractivity contribution is 0.103. The average Bonchev–Trinajstić information content (AvgIpc) is 2.71. The summed E-state index contributed by atoms with van der Waals surface area (Å²) in [5.74, 6) is -1.39. The maximum atomic E-state index is 14.2. The van der Waals surface area contributed by atoms with Crippen molar-refractivity contribution in [1.82, 2.24) is 9.55 Å². The first-order valence-corrected chi connectivity index (χ1v) is 8.98. The van der Waals surface area contributed by atoms with Crippen LogP contribution >= 0.6 is 0 Å². The van der Waals surface area contributed by atoms with E-state index >= 15 is 0 Å². The molecule has 0 radical (unpaired) electrons. The van der Waals surface area contributed by atoms with E-state index in [-0.39, 0.29) is 23.1 Å². The average molecular weight is 390 g/mol. The van der Waals surface area contributed by atoms with Gasteiger partial charge in [0.05, 0.1) is 17.5 Å². The molecule has 2 aromatic heterocycles. The number of halogens is 2. The monoisotopic (exact) mass is 390 g/mol. The summed E-state index contributed by atoms with van der Waals surface area (Å²) in [6.07, 6.45) is 1.40. The van der Waals surface area contributed by atoms with E-state index in [0.29, 0.717) is 16.9 Å². The Labute approximate surface area is 165 Å². The fourth-order valence-corrected chi connectivity index (χ4v) is 3.21. The minimum Gasteiger partial charge on any atom is -0.327 e. The molecule has 144 valence electrons. The molecule has 2 aromatic carbocycles. The Morgan fingerprint density at radius 1 is 1.00 bits per heavy atom. The van der Waals surface area contributed by atoms with Crippen LogP contribution in [-0.4, -0.2) is 15.3 Å². The zero-order chi connectivity index (χ0) is 20.5. The number of rotatable bonds is 4. The Bertz CT molecular complexity index is 1290. The van der Waals surface area contributed by atoms with Gasteiger partial charge >= 0.3 is 0 Å². The number of hydrogen-bond acceptors (Lipinski definition) is 3. The van der Waals surface area contributed by atoms with Gasteiger partial charge in [-0.25, -0.2) is 13.8 Å². The molecular formula is C23H16F2N2O2. The van der Waals surface area contributed by atoms with E-state index < -0.39 is 22.8 Å². The van der Waals surface area contributed by atoms with Crippen molar-refractivity contribution in [1.29, 1.82) is 0 Å². The molecule has 0 N–H and O–H groups in total. The predicted molar refractivity (Wildman–Crippen MR) is 106 cm³/mol. The van der Waals surface area contributed by atoms with E-state index in [1.54, 1.807) is 41.8 Å². The van der Waals surface area contributed by atoms with Crippen LogP contribution in [0.15, 0.2) is 71.7 Å². The van der Waals surface area contributed by atoms with Gasteiger partial charge in [0.15, 0.2) is 5.78 Å². The highest BCUT2D eigenvalue weighted by atomic mass is 19.1. The van der Waals surface area contributed by atoms with Crippen LogP contribution in [0, 0.1) is 18.6 Å². The molecule has 0 bridgehead atoms. The first-order chi connectivity index (χ1) is 13.9. The third-order valence-corrected chi connectivity index (χ3v) is 4.71. The van der Waals surface area contributed by atoms with Crippen LogP contribution in [0.2, 0.25) is 0 Å². The molecule has 6 heteroatoms. The minimum absolute atomic E-state index is 0.0777. The number of aryl methyl sites for hydroxylation is 1. The summed E-state index contributed by atoms with van der Waals surface area (Å²) in [6.45, 7) is 1.89. The number of carbonyl (C=O) groups excluding carboxylic acids is 1. The summed E-state index contributed by atoms with van der Waals surface area (Å²) in [7, 11) is 0. The molecular weight excluding hydrogens is 374 g/mol. The number of ketones is 1. The maximum absolute atomic E-state index is 14.2. The molecule has 0 fully saturated rings. The SMILES string of the molecule is Cc1ccc2c(=O)c(C(=O)c3ccc(F)cc3)cn(Cc3ccccc3F)c2n1. The summed E-state index contributed by atoms with van der Waals surface area (Å²) in [6, 6.07) is 14.6. The predicted octanol–water partition coefficient (Wildman–Crippen LogP) is 4.26. The first kappa shape index (κ1) is 18.7. The highest BCUT2D eigenvalue weighted by molar-refractivity contribution is 6.10. The molecule has 2 heterocycles. The van der Waals surface area contributed by atoms with Gasteiger partial charge in [-0.2, -0.15) is 0 Å². The molecule has 0 spiro atoms. The lowest BCUT2D eigenvalue weighted by atomic mass is 10.0. The molecule has 0 saturated heterocycles. The van der Waals surface area contributed by atoms with E-state index in [1.165, 1.54) is 24.4 Å². The third-order valence-electron chi connectivity index (χ3n) is 4.71. The number of benzene rings is 2. The van der Waals surface area contributed by atoms with Crippen molar-refractivity contribution in [2.75, 3.05) is 0 Å².